The minimum absolute atomic E-state index is 0. The molecule has 2 saturated heterocycles. The molecule has 2 aromatic rings. The summed E-state index contributed by atoms with van der Waals surface area (Å²) < 4.78 is 1.46. The molecule has 14 nitrogen and oxygen atoms in total. The summed E-state index contributed by atoms with van der Waals surface area (Å²) in [6.07, 6.45) is 2.70. The number of carboxylic acid groups (broad SMARTS) is 1. The van der Waals surface area contributed by atoms with Crippen molar-refractivity contribution < 1.29 is 55.3 Å². The number of aromatic nitrogens is 5. The molecule has 2 fully saturated rings. The van der Waals surface area contributed by atoms with Gasteiger partial charge in [-0.05, 0) is 16.5 Å². The number of β-lactam (4-membered cyclic amide) rings is 1. The summed E-state index contributed by atoms with van der Waals surface area (Å²) in [5, 5.41) is 29.5. The van der Waals surface area contributed by atoms with Gasteiger partial charge in [-0.2, -0.15) is 0 Å². The monoisotopic (exact) mass is 563 g/mol. The second kappa shape index (κ2) is 11.9. The number of hydrogen-bond donors (Lipinski definition) is 3. The average Bonchev–Trinajstić information content (AvgIpc) is 3.46. The number of nitrogen functional groups attached to an aromatic ring is 1. The first-order valence-electron chi connectivity index (χ1n) is 10.1. The fourth-order valence-electron chi connectivity index (χ4n) is 3.53. The van der Waals surface area contributed by atoms with Crippen LogP contribution in [0.15, 0.2) is 21.8 Å². The van der Waals surface area contributed by atoms with Crippen molar-refractivity contribution in [3.63, 3.8) is 0 Å². The molecule has 0 aromatic carbocycles. The number of carbonyl (C=O) groups is 3. The van der Waals surface area contributed by atoms with E-state index in [0.717, 1.165) is 0 Å². The van der Waals surface area contributed by atoms with Gasteiger partial charge in [0.25, 0.3) is 5.91 Å². The molecule has 2 aromatic heterocycles. The maximum absolute atomic E-state index is 13.0. The molecule has 0 saturated carbocycles. The Bertz CT molecular complexity index is 1210. The van der Waals surface area contributed by atoms with Gasteiger partial charge in [-0.1, -0.05) is 16.9 Å². The first kappa shape index (κ1) is 28.4. The van der Waals surface area contributed by atoms with E-state index in [2.05, 4.69) is 35.8 Å². The van der Waals surface area contributed by atoms with Gasteiger partial charge in [0.1, 0.15) is 23.9 Å². The summed E-state index contributed by atoms with van der Waals surface area (Å²) in [5.41, 5.74) is 5.03. The summed E-state index contributed by atoms with van der Waals surface area (Å²) in [7, 11) is 3.03. The van der Waals surface area contributed by atoms with Crippen molar-refractivity contribution in [2.75, 3.05) is 30.9 Å². The number of oxime groups is 1. The average molecular weight is 564 g/mol. The van der Waals surface area contributed by atoms with Crippen molar-refractivity contribution in [3.05, 3.63) is 17.2 Å². The van der Waals surface area contributed by atoms with Gasteiger partial charge in [-0.15, -0.1) is 28.2 Å². The van der Waals surface area contributed by atoms with Gasteiger partial charge in [0.2, 0.25) is 11.1 Å². The number of nitrogens with zero attached hydrogens (tertiary/aromatic N) is 7. The molecule has 4 heterocycles. The van der Waals surface area contributed by atoms with Gasteiger partial charge in [0.15, 0.2) is 5.13 Å². The van der Waals surface area contributed by atoms with Crippen molar-refractivity contribution in [1.29, 1.82) is 0 Å². The number of allylic oxidation sites excluding steroid dienone is 1. The summed E-state index contributed by atoms with van der Waals surface area (Å²) in [6, 6.07) is -0.798. The predicted octanol–water partition coefficient (Wildman–Crippen LogP) is -3.36. The number of carbonyl (C=O) groups excluding carboxylic acids is 2. The molecule has 0 bridgehead atoms. The van der Waals surface area contributed by atoms with Crippen molar-refractivity contribution in [2.24, 2.45) is 17.6 Å². The molecule has 188 valence electrons. The molecule has 4 N–H and O–H groups in total. The Morgan fingerprint density at radius 1 is 1.53 bits per heavy atom. The number of tetrazole rings is 1. The molecule has 2 aliphatic heterocycles. The normalized spacial score (nSPS) is 23.6. The van der Waals surface area contributed by atoms with Crippen LogP contribution in [0.2, 0.25) is 0 Å². The van der Waals surface area contributed by atoms with E-state index in [1.54, 1.807) is 12.4 Å². The minimum atomic E-state index is -1.18. The summed E-state index contributed by atoms with van der Waals surface area (Å²) in [4.78, 5) is 48.4. The second-order valence-electron chi connectivity index (χ2n) is 7.67. The number of thioether (sulfide) groups is 2. The molecule has 3 atom stereocenters. The van der Waals surface area contributed by atoms with Crippen molar-refractivity contribution in [1.82, 2.24) is 35.4 Å². The van der Waals surface area contributed by atoms with E-state index in [9.17, 15) is 19.5 Å². The van der Waals surface area contributed by atoms with E-state index in [1.807, 2.05) is 0 Å². The van der Waals surface area contributed by atoms with Gasteiger partial charge in [-0.25, -0.2) is 9.67 Å². The number of fused-ring (bicyclic) bond motifs is 1. The fraction of sp³-hybridized carbons (Fsp3) is 0.444. The van der Waals surface area contributed by atoms with Crippen molar-refractivity contribution in [2.45, 2.75) is 16.6 Å². The first-order chi connectivity index (χ1) is 16.8. The van der Waals surface area contributed by atoms with E-state index >= 15 is 0 Å². The molecule has 0 spiro atoms. The molecular formula is C18H22N9NaO5S3. The summed E-state index contributed by atoms with van der Waals surface area (Å²) in [6.45, 7) is 0.0231. The second-order valence-corrected chi connectivity index (χ2v) is 10.6. The van der Waals surface area contributed by atoms with Crippen molar-refractivity contribution in [3.8, 4) is 0 Å². The third-order valence-corrected chi connectivity index (χ3v) is 8.96. The van der Waals surface area contributed by atoms with Crippen LogP contribution in [-0.4, -0.2) is 95.8 Å². The van der Waals surface area contributed by atoms with Gasteiger partial charge in [-0.3, -0.25) is 14.4 Å². The Kier molecular flexibility index (Phi) is 9.39. The molecule has 0 aliphatic carbocycles. The first-order valence-corrected chi connectivity index (χ1v) is 13.0. The maximum atomic E-state index is 13.0. The summed E-state index contributed by atoms with van der Waals surface area (Å²) in [5.74, 6) is -1.44. The van der Waals surface area contributed by atoms with Crippen LogP contribution in [0, 0.1) is 5.41 Å². The third-order valence-electron chi connectivity index (χ3n) is 5.39. The Morgan fingerprint density at radius 3 is 2.92 bits per heavy atom. The van der Waals surface area contributed by atoms with Gasteiger partial charge in [0, 0.05) is 30.5 Å². The molecule has 2 unspecified atom stereocenters. The predicted molar refractivity (Wildman–Crippen MR) is 131 cm³/mol. The van der Waals surface area contributed by atoms with Crippen LogP contribution in [0.25, 0.3) is 5.57 Å². The fourth-order valence-corrected chi connectivity index (χ4v) is 6.80. The Balaban J connectivity index is 0.00000241. The third kappa shape index (κ3) is 5.70. The number of nitrogens with two attached hydrogens (primary N) is 1. The zero-order chi connectivity index (χ0) is 25.2. The zero-order valence-electron chi connectivity index (χ0n) is 20.5. The number of aryl methyl sites for hydroxylation is 1. The number of thiazole rings is 1. The van der Waals surface area contributed by atoms with E-state index < -0.39 is 23.3 Å². The van der Waals surface area contributed by atoms with Gasteiger partial charge >= 0.3 is 35.5 Å². The number of hydrogen-bond acceptors (Lipinski definition) is 13. The number of nitrogens with one attached hydrogen (secondary N) is 1. The molecule has 2 amide bonds. The number of carboxylic acids is 1. The quantitative estimate of drug-likeness (QED) is 0.0687. The van der Waals surface area contributed by atoms with Crippen LogP contribution >= 0.6 is 34.9 Å². The SMILES string of the molecule is CON=CC=C(C(=O)NC1C(=O)N2CC(CSc3nnnn3C)(C(=O)O)CS[C@H]12)c1csc(N)n1.[H-].[Na+]. The van der Waals surface area contributed by atoms with Crippen LogP contribution in [-0.2, 0) is 26.3 Å². The van der Waals surface area contributed by atoms with Gasteiger partial charge < -0.3 is 27.3 Å². The van der Waals surface area contributed by atoms with Crippen molar-refractivity contribution >= 4 is 69.6 Å². The van der Waals surface area contributed by atoms with Gasteiger partial charge in [0.05, 0.1) is 17.5 Å². The Morgan fingerprint density at radius 2 is 2.31 bits per heavy atom. The zero-order valence-corrected chi connectivity index (χ0v) is 24.0. The summed E-state index contributed by atoms with van der Waals surface area (Å²) >= 11 is 3.71. The molecule has 2 aliphatic rings. The van der Waals surface area contributed by atoms with E-state index in [4.69, 9.17) is 5.73 Å². The molecular weight excluding hydrogens is 541 g/mol. The minimum Gasteiger partial charge on any atom is -1.00 e. The largest absolute Gasteiger partial charge is 1.00 e. The standard InChI is InChI=1S/C18H21N9O5S3.Na.H/c1-26-17(23-24-25-26)35-8-18(15(30)31)6-27-13(29)11(14(27)34-7-18)22-12(28)9(3-4-20-32-2)10-5-33-16(19)21-10;;/h3-5,11,14H,6-8H2,1-2H3,(H2,19,21)(H,22,28)(H,30,31);;/q;+1;-1/t11?,14-,18?;;/m1../s1. The molecule has 18 heteroatoms. The van der Waals surface area contributed by atoms with E-state index in [0.29, 0.717) is 10.9 Å². The van der Waals surface area contributed by atoms with Crippen LogP contribution in [0.5, 0.6) is 0 Å². The van der Waals surface area contributed by atoms with E-state index in [1.165, 1.54) is 63.8 Å². The molecule has 0 radical (unpaired) electrons. The van der Waals surface area contributed by atoms with Crippen LogP contribution in [0.1, 0.15) is 7.12 Å². The van der Waals surface area contributed by atoms with Crippen LogP contribution in [0.4, 0.5) is 5.13 Å². The number of amides is 2. The number of rotatable bonds is 9. The smallest absolute Gasteiger partial charge is 1.00 e. The molecule has 4 rings (SSSR count). The number of aliphatic carboxylic acids is 1. The maximum Gasteiger partial charge on any atom is 1.00 e. The number of anilines is 1. The Labute approximate surface area is 241 Å². The molecule has 36 heavy (non-hydrogen) atoms. The van der Waals surface area contributed by atoms with E-state index in [-0.39, 0.29) is 71.0 Å². The Hall–Kier alpha value is -2.18. The van der Waals surface area contributed by atoms with Crippen LogP contribution in [0.3, 0.4) is 0 Å². The van der Waals surface area contributed by atoms with Crippen LogP contribution < -0.4 is 40.6 Å². The topological polar surface area (TPSA) is 191 Å².